The van der Waals surface area contributed by atoms with Gasteiger partial charge in [0.25, 0.3) is 5.91 Å². The molecule has 1 aliphatic carbocycles. The molecule has 1 aromatic rings. The van der Waals surface area contributed by atoms with E-state index in [1.165, 1.54) is 4.90 Å². The molecule has 1 aromatic carbocycles. The number of allylic oxidation sites excluding steroid dienone is 2. The molecule has 0 bridgehead atoms. The fraction of sp³-hybridized carbons (Fsp3) is 0.450. The van der Waals surface area contributed by atoms with Crippen LogP contribution >= 0.6 is 23.2 Å². The molecule has 0 saturated heterocycles. The summed E-state index contributed by atoms with van der Waals surface area (Å²) in [5.41, 5.74) is 1.07. The van der Waals surface area contributed by atoms with Gasteiger partial charge in [0.1, 0.15) is 0 Å². The summed E-state index contributed by atoms with van der Waals surface area (Å²) >= 11 is 12.2. The van der Waals surface area contributed by atoms with Gasteiger partial charge < -0.3 is 4.90 Å². The third kappa shape index (κ3) is 5.41. The van der Waals surface area contributed by atoms with Crippen LogP contribution in [-0.2, 0) is 20.9 Å². The van der Waals surface area contributed by atoms with E-state index in [1.54, 1.807) is 18.2 Å². The smallest absolute Gasteiger partial charge is 0.252 e. The Balaban J connectivity index is 2.34. The SMILES string of the molecule is CCC(C)(C)NC(C(=O)C=O)C(=O)N(Cc1ccc(Cl)cc1Cl)C1=CCC1. The van der Waals surface area contributed by atoms with E-state index in [1.807, 2.05) is 26.8 Å². The summed E-state index contributed by atoms with van der Waals surface area (Å²) in [6.45, 7) is 5.92. The van der Waals surface area contributed by atoms with Gasteiger partial charge in [-0.15, -0.1) is 0 Å². The van der Waals surface area contributed by atoms with Crippen LogP contribution in [0.3, 0.4) is 0 Å². The average Bonchev–Trinajstić information content (AvgIpc) is 2.58. The number of hydrogen-bond donors (Lipinski definition) is 1. The first-order valence-electron chi connectivity index (χ1n) is 8.89. The van der Waals surface area contributed by atoms with E-state index < -0.39 is 23.3 Å². The molecule has 1 N–H and O–H groups in total. The predicted molar refractivity (Wildman–Crippen MR) is 107 cm³/mol. The molecule has 0 fully saturated rings. The molecule has 0 aromatic heterocycles. The first kappa shape index (κ1) is 21.6. The lowest BCUT2D eigenvalue weighted by Gasteiger charge is -2.35. The molecule has 7 heteroatoms. The standard InChI is InChI=1S/C20H24Cl2N2O3/c1-4-20(2,3)23-18(17(26)12-25)19(27)24(15-6-5-7-15)11-13-8-9-14(21)10-16(13)22/h6,8-10,12,18,23H,4-5,7,11H2,1-3H3. The first-order chi connectivity index (χ1) is 12.7. The Morgan fingerprint density at radius 1 is 1.33 bits per heavy atom. The minimum atomic E-state index is -1.23. The van der Waals surface area contributed by atoms with Crippen molar-refractivity contribution in [2.24, 2.45) is 0 Å². The number of rotatable bonds is 9. The number of carbonyl (C=O) groups excluding carboxylic acids is 3. The monoisotopic (exact) mass is 410 g/mol. The van der Waals surface area contributed by atoms with E-state index in [9.17, 15) is 14.4 Å². The molecule has 146 valence electrons. The van der Waals surface area contributed by atoms with Crippen LogP contribution in [0.1, 0.15) is 45.6 Å². The van der Waals surface area contributed by atoms with Crippen LogP contribution in [0.15, 0.2) is 30.0 Å². The fourth-order valence-corrected chi connectivity index (χ4v) is 3.10. The molecule has 0 aliphatic heterocycles. The number of nitrogens with one attached hydrogen (secondary N) is 1. The minimum absolute atomic E-state index is 0.198. The largest absolute Gasteiger partial charge is 0.310 e. The predicted octanol–water partition coefficient (Wildman–Crippen LogP) is 3.91. The van der Waals surface area contributed by atoms with E-state index >= 15 is 0 Å². The number of benzene rings is 1. The summed E-state index contributed by atoms with van der Waals surface area (Å²) in [5, 5.41) is 3.98. The summed E-state index contributed by atoms with van der Waals surface area (Å²) in [6, 6.07) is 3.84. The van der Waals surface area contributed by atoms with Crippen molar-refractivity contribution in [3.8, 4) is 0 Å². The molecule has 1 atom stereocenters. The van der Waals surface area contributed by atoms with Crippen LogP contribution in [-0.4, -0.2) is 34.5 Å². The number of halogens is 2. The molecule has 1 unspecified atom stereocenters. The van der Waals surface area contributed by atoms with Gasteiger partial charge in [-0.2, -0.15) is 0 Å². The highest BCUT2D eigenvalue weighted by atomic mass is 35.5. The Bertz CT molecular complexity index is 774. The van der Waals surface area contributed by atoms with Crippen LogP contribution < -0.4 is 5.32 Å². The molecule has 1 aliphatic rings. The van der Waals surface area contributed by atoms with Gasteiger partial charge in [0.15, 0.2) is 12.3 Å². The number of aldehydes is 1. The number of ketones is 1. The highest BCUT2D eigenvalue weighted by molar-refractivity contribution is 6.35. The summed E-state index contributed by atoms with van der Waals surface area (Å²) in [5.74, 6) is -1.24. The lowest BCUT2D eigenvalue weighted by molar-refractivity contribution is -0.141. The molecular formula is C20H24Cl2N2O3. The highest BCUT2D eigenvalue weighted by Crippen LogP contribution is 2.29. The van der Waals surface area contributed by atoms with Crippen LogP contribution in [0, 0.1) is 0 Å². The van der Waals surface area contributed by atoms with E-state index in [0.717, 1.165) is 18.5 Å². The van der Waals surface area contributed by atoms with Gasteiger partial charge in [-0.1, -0.05) is 42.3 Å². The van der Waals surface area contributed by atoms with Gasteiger partial charge in [0, 0.05) is 21.3 Å². The van der Waals surface area contributed by atoms with Gasteiger partial charge >= 0.3 is 0 Å². The minimum Gasteiger partial charge on any atom is -0.310 e. The fourth-order valence-electron chi connectivity index (χ4n) is 2.63. The van der Waals surface area contributed by atoms with E-state index in [-0.39, 0.29) is 12.8 Å². The third-order valence-electron chi connectivity index (χ3n) is 4.80. The summed E-state index contributed by atoms with van der Waals surface area (Å²) in [6.07, 6.45) is 4.43. The third-order valence-corrected chi connectivity index (χ3v) is 5.39. The van der Waals surface area contributed by atoms with Gasteiger partial charge in [0.2, 0.25) is 5.78 Å². The molecular weight excluding hydrogens is 387 g/mol. The molecule has 1 amide bonds. The number of amides is 1. The van der Waals surface area contributed by atoms with Crippen molar-refractivity contribution >= 4 is 41.2 Å². The Kier molecular flexibility index (Phi) is 7.20. The Labute approximate surface area is 169 Å². The first-order valence-corrected chi connectivity index (χ1v) is 9.65. The lowest BCUT2D eigenvalue weighted by Crippen LogP contribution is -2.57. The average molecular weight is 411 g/mol. The number of hydrogen-bond acceptors (Lipinski definition) is 4. The maximum Gasteiger partial charge on any atom is 0.252 e. The second-order valence-corrected chi connectivity index (χ2v) is 8.07. The van der Waals surface area contributed by atoms with Gasteiger partial charge in [-0.3, -0.25) is 19.7 Å². The van der Waals surface area contributed by atoms with Crippen molar-refractivity contribution in [3.05, 3.63) is 45.6 Å². The van der Waals surface area contributed by atoms with E-state index in [2.05, 4.69) is 5.32 Å². The maximum absolute atomic E-state index is 13.2. The molecule has 5 nitrogen and oxygen atoms in total. The Morgan fingerprint density at radius 2 is 2.00 bits per heavy atom. The molecule has 0 heterocycles. The van der Waals surface area contributed by atoms with Crippen LogP contribution in [0.5, 0.6) is 0 Å². The molecule has 0 radical (unpaired) electrons. The Hall–Kier alpha value is -1.69. The lowest BCUT2D eigenvalue weighted by atomic mass is 9.97. The number of nitrogens with zero attached hydrogens (tertiary/aromatic N) is 1. The van der Waals surface area contributed by atoms with Crippen molar-refractivity contribution in [2.45, 2.75) is 58.2 Å². The van der Waals surface area contributed by atoms with Gasteiger partial charge in [-0.05, 0) is 50.8 Å². The number of Topliss-reactive ketones (excluding diaryl/α,β-unsaturated/α-hetero) is 1. The zero-order valence-corrected chi connectivity index (χ0v) is 17.2. The highest BCUT2D eigenvalue weighted by Gasteiger charge is 2.36. The zero-order valence-electron chi connectivity index (χ0n) is 15.7. The Morgan fingerprint density at radius 3 is 2.48 bits per heavy atom. The van der Waals surface area contributed by atoms with E-state index in [0.29, 0.717) is 22.0 Å². The topological polar surface area (TPSA) is 66.5 Å². The molecule has 0 saturated carbocycles. The zero-order chi connectivity index (χ0) is 20.2. The van der Waals surface area contributed by atoms with Gasteiger partial charge in [-0.25, -0.2) is 0 Å². The summed E-state index contributed by atoms with van der Waals surface area (Å²) in [7, 11) is 0. The van der Waals surface area contributed by atoms with Crippen LogP contribution in [0.25, 0.3) is 0 Å². The van der Waals surface area contributed by atoms with Crippen LogP contribution in [0.4, 0.5) is 0 Å². The van der Waals surface area contributed by atoms with Gasteiger partial charge in [0.05, 0.1) is 6.54 Å². The molecule has 0 spiro atoms. The molecule has 2 rings (SSSR count). The summed E-state index contributed by atoms with van der Waals surface area (Å²) < 4.78 is 0. The van der Waals surface area contributed by atoms with Crippen molar-refractivity contribution in [1.29, 1.82) is 0 Å². The normalized spacial score (nSPS) is 14.8. The van der Waals surface area contributed by atoms with Crippen LogP contribution in [0.2, 0.25) is 10.0 Å². The second-order valence-electron chi connectivity index (χ2n) is 7.23. The second kappa shape index (κ2) is 9.00. The van der Waals surface area contributed by atoms with Crippen molar-refractivity contribution < 1.29 is 14.4 Å². The quantitative estimate of drug-likeness (QED) is 0.380. The van der Waals surface area contributed by atoms with Crippen molar-refractivity contribution in [3.63, 3.8) is 0 Å². The maximum atomic E-state index is 13.2. The van der Waals surface area contributed by atoms with Crippen molar-refractivity contribution in [2.75, 3.05) is 0 Å². The summed E-state index contributed by atoms with van der Waals surface area (Å²) in [4.78, 5) is 38.1. The van der Waals surface area contributed by atoms with Crippen molar-refractivity contribution in [1.82, 2.24) is 10.2 Å². The van der Waals surface area contributed by atoms with E-state index in [4.69, 9.17) is 23.2 Å². The number of carbonyl (C=O) groups is 3. The molecule has 27 heavy (non-hydrogen) atoms.